The lowest BCUT2D eigenvalue weighted by Gasteiger charge is -2.28. The molecule has 168 valence electrons. The lowest BCUT2D eigenvalue weighted by molar-refractivity contribution is 0.0429. The number of carbonyl (C=O) groups is 2. The number of hydrogen-bond donors (Lipinski definition) is 0. The zero-order valence-corrected chi connectivity index (χ0v) is 20.5. The van der Waals surface area contributed by atoms with Gasteiger partial charge in [0.05, 0.1) is 16.0 Å². The third-order valence-electron chi connectivity index (χ3n) is 3.03. The van der Waals surface area contributed by atoms with Crippen molar-refractivity contribution < 1.29 is 23.3 Å². The first-order chi connectivity index (χ1) is 13.4. The number of anilines is 1. The first-order valence-corrected chi connectivity index (χ1v) is 10.8. The van der Waals surface area contributed by atoms with Crippen LogP contribution in [0.4, 0.5) is 15.4 Å². The molecule has 30 heavy (non-hydrogen) atoms. The highest BCUT2D eigenvalue weighted by atomic mass is 35.5. The molecule has 0 fully saturated rings. The largest absolute Gasteiger partial charge is 0.443 e. The molecule has 0 aliphatic heterocycles. The van der Waals surface area contributed by atoms with Gasteiger partial charge >= 0.3 is 12.2 Å². The summed E-state index contributed by atoms with van der Waals surface area (Å²) in [7, 11) is -1.53. The summed E-state index contributed by atoms with van der Waals surface area (Å²) < 4.78 is 26.3. The number of halogens is 1. The molecule has 0 spiro atoms. The van der Waals surface area contributed by atoms with E-state index in [1.807, 2.05) is 0 Å². The lowest BCUT2D eigenvalue weighted by Crippen LogP contribution is -2.44. The van der Waals surface area contributed by atoms with Crippen LogP contribution in [0.5, 0.6) is 0 Å². The van der Waals surface area contributed by atoms with Crippen LogP contribution in [-0.2, 0) is 20.5 Å². The minimum absolute atomic E-state index is 0.0640. The van der Waals surface area contributed by atoms with Crippen LogP contribution in [0.3, 0.4) is 0 Å². The highest BCUT2D eigenvalue weighted by molar-refractivity contribution is 7.85. The fourth-order valence-corrected chi connectivity index (χ4v) is 2.46. The Morgan fingerprint density at radius 3 is 1.87 bits per heavy atom. The Bertz CT molecular complexity index is 823. The molecule has 1 aromatic rings. The molecular formula is C20H30ClN3O5S. The highest BCUT2D eigenvalue weighted by Crippen LogP contribution is 2.23. The second-order valence-corrected chi connectivity index (χ2v) is 11.8. The van der Waals surface area contributed by atoms with E-state index in [9.17, 15) is 13.8 Å². The van der Waals surface area contributed by atoms with Crippen molar-refractivity contribution in [3.63, 3.8) is 0 Å². The Hall–Kier alpha value is -2.00. The molecule has 0 unspecified atom stereocenters. The predicted molar refractivity (Wildman–Crippen MR) is 120 cm³/mol. The molecular weight excluding hydrogens is 430 g/mol. The van der Waals surface area contributed by atoms with E-state index in [1.165, 1.54) is 18.3 Å². The number of rotatable bonds is 3. The average Bonchev–Trinajstić information content (AvgIpc) is 2.50. The van der Waals surface area contributed by atoms with E-state index >= 15 is 0 Å². The number of imide groups is 1. The van der Waals surface area contributed by atoms with E-state index in [0.717, 1.165) is 0 Å². The van der Waals surface area contributed by atoms with Crippen LogP contribution in [0.15, 0.2) is 16.5 Å². The van der Waals surface area contributed by atoms with Crippen LogP contribution in [0.2, 0.25) is 5.02 Å². The summed E-state index contributed by atoms with van der Waals surface area (Å²) in [6.45, 7) is 15.4. The maximum atomic E-state index is 12.7. The van der Waals surface area contributed by atoms with Crippen LogP contribution in [0, 0.1) is 0 Å². The Morgan fingerprint density at radius 2 is 1.47 bits per heavy atom. The molecule has 8 nitrogen and oxygen atoms in total. The Balaban J connectivity index is 3.39. The van der Waals surface area contributed by atoms with Crippen molar-refractivity contribution in [3.05, 3.63) is 22.8 Å². The molecule has 0 saturated carbocycles. The van der Waals surface area contributed by atoms with Gasteiger partial charge < -0.3 is 9.47 Å². The fourth-order valence-electron chi connectivity index (χ4n) is 1.79. The molecule has 0 N–H and O–H groups in total. The second-order valence-electron chi connectivity index (χ2n) is 9.43. The molecule has 0 aliphatic rings. The van der Waals surface area contributed by atoms with Crippen molar-refractivity contribution in [2.75, 3.05) is 4.90 Å². The number of hydrogen-bond acceptors (Lipinski definition) is 6. The van der Waals surface area contributed by atoms with Crippen LogP contribution < -0.4 is 4.90 Å². The molecule has 1 rings (SSSR count). The number of carbonyl (C=O) groups excluding carboxylic acids is 2. The van der Waals surface area contributed by atoms with Gasteiger partial charge in [-0.15, -0.1) is 0 Å². The van der Waals surface area contributed by atoms with Crippen molar-refractivity contribution in [2.24, 2.45) is 4.40 Å². The summed E-state index contributed by atoms with van der Waals surface area (Å²) in [4.78, 5) is 30.4. The van der Waals surface area contributed by atoms with E-state index in [1.54, 1.807) is 62.3 Å². The zero-order chi connectivity index (χ0) is 23.5. The van der Waals surface area contributed by atoms with Crippen LogP contribution >= 0.6 is 11.6 Å². The Morgan fingerprint density at radius 1 is 1.00 bits per heavy atom. The standard InChI is InChI=1S/C20H30ClN3O5S/c1-18(2,3)28-16(25)24(17(26)29-19(4,5)6)15-11-10-13(21)14(23-15)12-22-30(27)20(7,8)9/h10-12H,1-9H3/b22-12+/t30-/m1/s1. The third kappa shape index (κ3) is 8.39. The minimum atomic E-state index is -1.53. The topological polar surface area (TPSA) is 98.2 Å². The molecule has 1 atom stereocenters. The number of nitrogens with zero attached hydrogens (tertiary/aromatic N) is 3. The smallest absolute Gasteiger partial charge is 0.425 e. The quantitative estimate of drug-likeness (QED) is 0.569. The molecule has 0 aromatic carbocycles. The van der Waals surface area contributed by atoms with Crippen molar-refractivity contribution in [3.8, 4) is 0 Å². The summed E-state index contributed by atoms with van der Waals surface area (Å²) in [5.74, 6) is -0.0640. The van der Waals surface area contributed by atoms with Gasteiger partial charge in [0.1, 0.15) is 33.7 Å². The third-order valence-corrected chi connectivity index (χ3v) is 4.70. The predicted octanol–water partition coefficient (Wildman–Crippen LogP) is 5.29. The van der Waals surface area contributed by atoms with Crippen LogP contribution in [-0.4, -0.2) is 43.5 Å². The van der Waals surface area contributed by atoms with E-state index in [0.29, 0.717) is 4.90 Å². The van der Waals surface area contributed by atoms with Gasteiger partial charge in [-0.3, -0.25) is 0 Å². The summed E-state index contributed by atoms with van der Waals surface area (Å²) in [5.41, 5.74) is -1.56. The monoisotopic (exact) mass is 459 g/mol. The van der Waals surface area contributed by atoms with Crippen LogP contribution in [0.25, 0.3) is 0 Å². The van der Waals surface area contributed by atoms with Crippen molar-refractivity contribution in [2.45, 2.75) is 78.3 Å². The van der Waals surface area contributed by atoms with Gasteiger partial charge in [0, 0.05) is 0 Å². The van der Waals surface area contributed by atoms with Crippen molar-refractivity contribution >= 4 is 46.8 Å². The normalized spacial score (nSPS) is 13.8. The zero-order valence-electron chi connectivity index (χ0n) is 18.9. The SMILES string of the molecule is CC(C)(C)OC(=O)N(C(=O)OC(C)(C)C)c1ccc(Cl)c(/C=N/[S@](=O)C(C)(C)C)n1. The number of pyridine rings is 1. The van der Waals surface area contributed by atoms with Gasteiger partial charge in [0.2, 0.25) is 0 Å². The summed E-state index contributed by atoms with van der Waals surface area (Å²) in [6.07, 6.45) is -0.657. The molecule has 1 heterocycles. The lowest BCUT2D eigenvalue weighted by atomic mass is 10.2. The van der Waals surface area contributed by atoms with Gasteiger partial charge in [-0.2, -0.15) is 9.30 Å². The second kappa shape index (κ2) is 9.43. The van der Waals surface area contributed by atoms with Gasteiger partial charge in [-0.1, -0.05) is 11.6 Å². The average molecular weight is 460 g/mol. The Kier molecular flexibility index (Phi) is 8.18. The molecule has 0 aliphatic carbocycles. The summed E-state index contributed by atoms with van der Waals surface area (Å²) >= 11 is 6.17. The maximum absolute atomic E-state index is 12.7. The fraction of sp³-hybridized carbons (Fsp3) is 0.600. The Labute approximate surface area is 185 Å². The summed E-state index contributed by atoms with van der Waals surface area (Å²) in [6, 6.07) is 2.83. The number of aromatic nitrogens is 1. The van der Waals surface area contributed by atoms with E-state index < -0.39 is 39.1 Å². The van der Waals surface area contributed by atoms with Crippen molar-refractivity contribution in [1.29, 1.82) is 0 Å². The molecule has 0 bridgehead atoms. The minimum Gasteiger partial charge on any atom is -0.443 e. The molecule has 0 radical (unpaired) electrons. The van der Waals surface area contributed by atoms with E-state index in [4.69, 9.17) is 21.1 Å². The number of ether oxygens (including phenoxy) is 2. The van der Waals surface area contributed by atoms with Gasteiger partial charge in [0.25, 0.3) is 0 Å². The highest BCUT2D eigenvalue weighted by Gasteiger charge is 2.33. The molecule has 0 saturated heterocycles. The van der Waals surface area contributed by atoms with Crippen LogP contribution in [0.1, 0.15) is 68.0 Å². The molecule has 2 amide bonds. The molecule has 1 aromatic heterocycles. The van der Waals surface area contributed by atoms with Gasteiger partial charge in [-0.25, -0.2) is 18.8 Å². The van der Waals surface area contributed by atoms with E-state index in [-0.39, 0.29) is 16.5 Å². The summed E-state index contributed by atoms with van der Waals surface area (Å²) in [5, 5.41) is 0.210. The molecule has 10 heteroatoms. The van der Waals surface area contributed by atoms with E-state index in [2.05, 4.69) is 9.38 Å². The number of amides is 2. The first kappa shape index (κ1) is 26.0. The van der Waals surface area contributed by atoms with Gasteiger partial charge in [0.15, 0.2) is 0 Å². The first-order valence-electron chi connectivity index (χ1n) is 9.29. The maximum Gasteiger partial charge on any atom is 0.425 e. The van der Waals surface area contributed by atoms with Gasteiger partial charge in [-0.05, 0) is 74.4 Å². The van der Waals surface area contributed by atoms with Crippen molar-refractivity contribution in [1.82, 2.24) is 4.98 Å².